The highest BCUT2D eigenvalue weighted by Gasteiger charge is 2.53. The molecule has 0 bridgehead atoms. The Bertz CT molecular complexity index is 9020. The third-order valence-corrected chi connectivity index (χ3v) is 28.4. The predicted octanol–water partition coefficient (Wildman–Crippen LogP) is 32.4. The number of ether oxygens (including phenoxy) is 2. The van der Waals surface area contributed by atoms with Gasteiger partial charge in [0, 0.05) is 72.3 Å². The summed E-state index contributed by atoms with van der Waals surface area (Å²) in [7, 11) is 0. The lowest BCUT2D eigenvalue weighted by molar-refractivity contribution is 0.436. The summed E-state index contributed by atoms with van der Waals surface area (Å²) in [4.78, 5) is 45.2. The van der Waals surface area contributed by atoms with Crippen molar-refractivity contribution in [3.8, 4) is 198 Å². The van der Waals surface area contributed by atoms with Crippen LogP contribution in [0.1, 0.15) is 50.1 Å². The molecule has 2 spiro atoms. The molecular formula is C134H84N10O2. The van der Waals surface area contributed by atoms with E-state index in [1.807, 2.05) is 200 Å². The van der Waals surface area contributed by atoms with Gasteiger partial charge in [-0.25, -0.2) is 44.9 Å². The first kappa shape index (κ1) is 86.6. The molecule has 0 fully saturated rings. The number of rotatable bonds is 13. The maximum absolute atomic E-state index is 9.35. The van der Waals surface area contributed by atoms with E-state index in [4.69, 9.17) is 54.3 Å². The van der Waals surface area contributed by atoms with Crippen LogP contribution >= 0.6 is 0 Å². The van der Waals surface area contributed by atoms with Gasteiger partial charge in [0.15, 0.2) is 52.4 Å². The van der Waals surface area contributed by atoms with Crippen molar-refractivity contribution in [2.24, 2.45) is 0 Å². The number of para-hydroxylation sites is 3. The Balaban J connectivity index is 0.000000112. The molecule has 0 unspecified atom stereocenters. The molecule has 0 saturated heterocycles. The topological polar surface area (TPSA) is 158 Å². The zero-order chi connectivity index (χ0) is 97.0. The molecule has 0 N–H and O–H groups in total. The Kier molecular flexibility index (Phi) is 21.8. The van der Waals surface area contributed by atoms with Crippen molar-refractivity contribution >= 4 is 21.5 Å². The van der Waals surface area contributed by atoms with Gasteiger partial charge in [0.05, 0.1) is 22.5 Å². The highest BCUT2D eigenvalue weighted by atomic mass is 16.5. The quantitative estimate of drug-likeness (QED) is 0.108. The van der Waals surface area contributed by atoms with Gasteiger partial charge in [-0.2, -0.15) is 5.26 Å². The normalized spacial score (nSPS) is 12.5. The average Bonchev–Trinajstić information content (AvgIpc) is 1.51. The summed E-state index contributed by atoms with van der Waals surface area (Å²) >= 11 is 0. The molecule has 5 heterocycles. The van der Waals surface area contributed by atoms with E-state index in [2.05, 4.69) is 315 Å². The maximum Gasteiger partial charge on any atom is 0.164 e. The molecule has 0 atom stereocenters. The van der Waals surface area contributed by atoms with Gasteiger partial charge in [-0.15, -0.1) is 0 Å². The van der Waals surface area contributed by atoms with Crippen LogP contribution in [0.4, 0.5) is 0 Å². The van der Waals surface area contributed by atoms with Crippen molar-refractivity contribution in [1.29, 1.82) is 5.26 Å². The fourth-order valence-corrected chi connectivity index (χ4v) is 21.8. The first-order valence-corrected chi connectivity index (χ1v) is 48.9. The minimum Gasteiger partial charge on any atom is -0.457 e. The molecule has 2 aliphatic heterocycles. The third kappa shape index (κ3) is 15.1. The third-order valence-electron chi connectivity index (χ3n) is 28.4. The predicted molar refractivity (Wildman–Crippen MR) is 585 cm³/mol. The van der Waals surface area contributed by atoms with Crippen LogP contribution in [0.15, 0.2) is 510 Å². The van der Waals surface area contributed by atoms with Crippen LogP contribution < -0.4 is 9.47 Å². The van der Waals surface area contributed by atoms with Crippen LogP contribution in [0, 0.1) is 11.3 Å². The molecule has 0 radical (unpaired) electrons. The second-order valence-electron chi connectivity index (χ2n) is 36.6. The Hall–Kier alpha value is -19.7. The molecule has 2 aliphatic carbocycles. The number of hydrogen-bond acceptors (Lipinski definition) is 12. The van der Waals surface area contributed by atoms with E-state index < -0.39 is 10.8 Å². The summed E-state index contributed by atoms with van der Waals surface area (Å²) in [6, 6.07) is 178. The zero-order valence-corrected chi connectivity index (χ0v) is 78.8. The number of nitrogens with zero attached hydrogens (tertiary/aromatic N) is 10. The molecule has 682 valence electrons. The van der Waals surface area contributed by atoms with E-state index in [0.717, 1.165) is 140 Å². The Morgan fingerprint density at radius 1 is 0.164 bits per heavy atom. The summed E-state index contributed by atoms with van der Waals surface area (Å²) in [5.41, 5.74) is 31.3. The van der Waals surface area contributed by atoms with Crippen LogP contribution in [0.25, 0.3) is 191 Å². The van der Waals surface area contributed by atoms with Crippen LogP contribution in [0.5, 0.6) is 23.0 Å². The lowest BCUT2D eigenvalue weighted by Gasteiger charge is -2.39. The zero-order valence-electron chi connectivity index (χ0n) is 78.8. The molecule has 3 aromatic heterocycles. The van der Waals surface area contributed by atoms with Gasteiger partial charge in [0.1, 0.15) is 23.0 Å². The molecule has 0 amide bonds. The van der Waals surface area contributed by atoms with Crippen LogP contribution in [-0.2, 0) is 10.8 Å². The number of hydrogen-bond donors (Lipinski definition) is 0. The smallest absolute Gasteiger partial charge is 0.164 e. The second kappa shape index (κ2) is 36.8. The van der Waals surface area contributed by atoms with E-state index in [9.17, 15) is 5.26 Å². The van der Waals surface area contributed by atoms with E-state index in [-0.39, 0.29) is 0 Å². The maximum atomic E-state index is 9.35. The lowest BCUT2D eigenvalue weighted by Crippen LogP contribution is -2.32. The van der Waals surface area contributed by atoms with Gasteiger partial charge < -0.3 is 9.47 Å². The Morgan fingerprint density at radius 2 is 0.459 bits per heavy atom. The highest BCUT2D eigenvalue weighted by molar-refractivity contribution is 6.12. The molecule has 146 heavy (non-hydrogen) atoms. The van der Waals surface area contributed by atoms with Gasteiger partial charge >= 0.3 is 0 Å². The SMILES string of the molecule is N#Cc1ccc(-c2ccc(-c3ccc4ccccc4c3-c3ccc(-c4nc(-c5ccccc5)nc(-c5ccccc5)n4)cc3)c3ccccc23)cc1.c1ccc(-c2ccc(-c3nc(-c4ccccc4)nc(-c4ccc5c(c4)C4(c6ccccc6O5)c5ccccc5-c5ccccc54)n3)cc2)cc1.c1ccc(-c2nc(-c3ccccc3)nc(-c3cccc4c3-c3ccccc3C43c4ccccc4Oc4ccccc43)n2)cc1. The summed E-state index contributed by atoms with van der Waals surface area (Å²) in [5.74, 6) is 9.15. The summed E-state index contributed by atoms with van der Waals surface area (Å²) in [6.07, 6.45) is 0. The molecule has 28 rings (SSSR count). The molecular weight excluding hydrogens is 1780 g/mol. The standard InChI is InChI=1S/C48H30N4.C46H29N3O.C40H25N3O/c49-31-32-19-21-34(22-20-32)39-29-30-43(42-18-10-9-17-41(39)42)44-28-27-33-11-7-8-16-40(33)45(44)35-23-25-38(26-24-35)48-51-46(36-12-3-1-4-13-36)50-47(52-48)37-14-5-2-6-15-37;1-3-13-30(14-4-1)31-23-25-33(26-24-31)44-47-43(32-15-5-2-6-16-32)48-45(49-44)34-27-28-42-40(29-34)46(39-21-11-12-22-41(39)50-42)37-19-9-7-17-35(37)36-18-8-10-20-38(36)46;1-3-14-26(15-4-1)37-41-38(27-16-5-2-6-17-27)43-39(42-37)29-19-13-23-33-36(29)28-18-7-8-20-30(28)40(33)31-21-9-11-24-34(31)44-35-25-12-10-22-32(35)40/h1-30H;1-29H;1-25H. The van der Waals surface area contributed by atoms with E-state index >= 15 is 0 Å². The fourth-order valence-electron chi connectivity index (χ4n) is 21.8. The minimum atomic E-state index is -0.571. The Morgan fingerprint density at radius 3 is 0.918 bits per heavy atom. The summed E-state index contributed by atoms with van der Waals surface area (Å²) in [6.45, 7) is 0. The largest absolute Gasteiger partial charge is 0.457 e. The van der Waals surface area contributed by atoms with Crippen LogP contribution in [0.2, 0.25) is 0 Å². The first-order valence-electron chi connectivity index (χ1n) is 48.9. The average molecular weight is 1870 g/mol. The summed E-state index contributed by atoms with van der Waals surface area (Å²) < 4.78 is 13.2. The van der Waals surface area contributed by atoms with Crippen LogP contribution in [-0.4, -0.2) is 44.9 Å². The van der Waals surface area contributed by atoms with Gasteiger partial charge in [0.2, 0.25) is 0 Å². The van der Waals surface area contributed by atoms with Gasteiger partial charge in [-0.1, -0.05) is 461 Å². The second-order valence-corrected chi connectivity index (χ2v) is 36.6. The summed E-state index contributed by atoms with van der Waals surface area (Å²) in [5, 5.41) is 14.1. The number of nitriles is 1. The van der Waals surface area contributed by atoms with Crippen molar-refractivity contribution in [1.82, 2.24) is 44.9 Å². The van der Waals surface area contributed by atoms with Gasteiger partial charge in [-0.3, -0.25) is 0 Å². The molecule has 24 aromatic rings. The van der Waals surface area contributed by atoms with Crippen molar-refractivity contribution in [3.63, 3.8) is 0 Å². The molecule has 12 heteroatoms. The first-order chi connectivity index (χ1) is 72.3. The molecule has 0 saturated carbocycles. The van der Waals surface area contributed by atoms with Gasteiger partial charge in [-0.05, 0) is 159 Å². The number of fused-ring (bicyclic) bond motifs is 20. The molecule has 21 aromatic carbocycles. The fraction of sp³-hybridized carbons (Fsp3) is 0.0149. The van der Waals surface area contributed by atoms with Crippen molar-refractivity contribution in [3.05, 3.63) is 560 Å². The van der Waals surface area contributed by atoms with E-state index in [1.165, 1.54) is 66.2 Å². The van der Waals surface area contributed by atoms with Crippen molar-refractivity contribution < 1.29 is 9.47 Å². The highest BCUT2D eigenvalue weighted by Crippen LogP contribution is 2.65. The Labute approximate surface area is 844 Å². The van der Waals surface area contributed by atoms with Gasteiger partial charge in [0.25, 0.3) is 0 Å². The van der Waals surface area contributed by atoms with Crippen LogP contribution in [0.3, 0.4) is 0 Å². The minimum absolute atomic E-state index is 0.551. The molecule has 12 nitrogen and oxygen atoms in total. The monoisotopic (exact) mass is 1860 g/mol. The number of aromatic nitrogens is 9. The van der Waals surface area contributed by atoms with Crippen molar-refractivity contribution in [2.45, 2.75) is 10.8 Å². The van der Waals surface area contributed by atoms with E-state index in [0.29, 0.717) is 58.0 Å². The molecule has 4 aliphatic rings. The lowest BCUT2D eigenvalue weighted by atomic mass is 9.66. The number of benzene rings is 21. The van der Waals surface area contributed by atoms with Crippen molar-refractivity contribution in [2.75, 3.05) is 0 Å². The van der Waals surface area contributed by atoms with E-state index in [1.54, 1.807) is 0 Å².